The predicted octanol–water partition coefficient (Wildman–Crippen LogP) is 3.32. The van der Waals surface area contributed by atoms with E-state index in [9.17, 15) is 0 Å². The van der Waals surface area contributed by atoms with E-state index in [0.717, 1.165) is 16.8 Å². The van der Waals surface area contributed by atoms with Crippen LogP contribution in [0.4, 0.5) is 5.69 Å². The first-order valence-corrected chi connectivity index (χ1v) is 6.13. The number of anilines is 1. The van der Waals surface area contributed by atoms with Crippen LogP contribution >= 0.6 is 0 Å². The minimum atomic E-state index is 0.585. The van der Waals surface area contributed by atoms with Crippen molar-refractivity contribution in [2.24, 2.45) is 0 Å². The monoisotopic (exact) mass is 252 g/mol. The Kier molecular flexibility index (Phi) is 4.54. The van der Waals surface area contributed by atoms with Crippen LogP contribution in [-0.2, 0) is 17.9 Å². The fraction of sp³-hybridized carbons (Fsp3) is 0.188. The third-order valence-electron chi connectivity index (χ3n) is 2.86. The molecule has 19 heavy (non-hydrogen) atoms. The zero-order valence-corrected chi connectivity index (χ0v) is 10.9. The van der Waals surface area contributed by atoms with E-state index < -0.39 is 0 Å². The third-order valence-corrected chi connectivity index (χ3v) is 2.86. The molecule has 0 spiro atoms. The van der Waals surface area contributed by atoms with Crippen molar-refractivity contribution in [1.82, 2.24) is 0 Å². The number of rotatable bonds is 5. The molecule has 3 nitrogen and oxygen atoms in total. The van der Waals surface area contributed by atoms with Crippen LogP contribution in [0, 0.1) is 11.3 Å². The standard InChI is InChI=1S/C16H16N2O/c1-19-12-15-7-2-3-8-16(15)18-11-14-6-4-5-13(9-14)10-17/h2-9,18H,11-12H2,1H3. The molecule has 0 heterocycles. The smallest absolute Gasteiger partial charge is 0.0991 e. The Bertz CT molecular complexity index is 587. The number of methoxy groups -OCH3 is 1. The van der Waals surface area contributed by atoms with Crippen LogP contribution in [0.1, 0.15) is 16.7 Å². The highest BCUT2D eigenvalue weighted by Gasteiger charge is 2.01. The number of para-hydroxylation sites is 1. The third kappa shape index (κ3) is 3.57. The first-order valence-electron chi connectivity index (χ1n) is 6.13. The van der Waals surface area contributed by atoms with Crippen LogP contribution in [0.2, 0.25) is 0 Å². The van der Waals surface area contributed by atoms with Crippen LogP contribution in [-0.4, -0.2) is 7.11 Å². The molecule has 2 rings (SSSR count). The van der Waals surface area contributed by atoms with Gasteiger partial charge < -0.3 is 10.1 Å². The van der Waals surface area contributed by atoms with Crippen molar-refractivity contribution in [1.29, 1.82) is 5.26 Å². The molecule has 0 aliphatic carbocycles. The molecule has 0 aliphatic rings. The van der Waals surface area contributed by atoms with Gasteiger partial charge in [-0.2, -0.15) is 5.26 Å². The van der Waals surface area contributed by atoms with Crippen LogP contribution in [0.25, 0.3) is 0 Å². The van der Waals surface area contributed by atoms with Gasteiger partial charge >= 0.3 is 0 Å². The SMILES string of the molecule is COCc1ccccc1NCc1cccc(C#N)c1. The van der Waals surface area contributed by atoms with Crippen LogP contribution in [0.5, 0.6) is 0 Å². The van der Waals surface area contributed by atoms with Crippen molar-refractivity contribution in [3.63, 3.8) is 0 Å². The largest absolute Gasteiger partial charge is 0.381 e. The van der Waals surface area contributed by atoms with Crippen molar-refractivity contribution in [2.45, 2.75) is 13.2 Å². The van der Waals surface area contributed by atoms with E-state index >= 15 is 0 Å². The van der Waals surface area contributed by atoms with Crippen molar-refractivity contribution < 1.29 is 4.74 Å². The maximum Gasteiger partial charge on any atom is 0.0991 e. The normalized spacial score (nSPS) is 9.89. The van der Waals surface area contributed by atoms with Gasteiger partial charge in [0.05, 0.1) is 18.2 Å². The minimum Gasteiger partial charge on any atom is -0.381 e. The average Bonchev–Trinajstić information content (AvgIpc) is 2.47. The number of nitriles is 1. The summed E-state index contributed by atoms with van der Waals surface area (Å²) in [6.45, 7) is 1.28. The Labute approximate surface area is 113 Å². The lowest BCUT2D eigenvalue weighted by atomic mass is 10.1. The number of hydrogen-bond acceptors (Lipinski definition) is 3. The van der Waals surface area contributed by atoms with E-state index in [-0.39, 0.29) is 0 Å². The molecule has 0 aromatic heterocycles. The van der Waals surface area contributed by atoms with Gasteiger partial charge in [0.2, 0.25) is 0 Å². The topological polar surface area (TPSA) is 45.0 Å². The molecule has 1 N–H and O–H groups in total. The molecular formula is C16H16N2O. The molecular weight excluding hydrogens is 236 g/mol. The first-order chi connectivity index (χ1) is 9.33. The summed E-state index contributed by atoms with van der Waals surface area (Å²) in [4.78, 5) is 0. The van der Waals surface area contributed by atoms with E-state index in [1.807, 2.05) is 48.5 Å². The molecule has 0 amide bonds. The zero-order valence-electron chi connectivity index (χ0n) is 10.9. The van der Waals surface area contributed by atoms with E-state index in [1.165, 1.54) is 0 Å². The molecule has 0 aliphatic heterocycles. The second-order valence-electron chi connectivity index (χ2n) is 4.26. The highest BCUT2D eigenvalue weighted by molar-refractivity contribution is 5.51. The zero-order chi connectivity index (χ0) is 13.5. The average molecular weight is 252 g/mol. The van der Waals surface area contributed by atoms with Crippen molar-refractivity contribution >= 4 is 5.69 Å². The summed E-state index contributed by atoms with van der Waals surface area (Å²) >= 11 is 0. The quantitative estimate of drug-likeness (QED) is 0.887. The Hall–Kier alpha value is -2.31. The summed E-state index contributed by atoms with van der Waals surface area (Å²) in [5.41, 5.74) is 3.96. The van der Waals surface area contributed by atoms with Gasteiger partial charge in [-0.25, -0.2) is 0 Å². The maximum atomic E-state index is 8.87. The lowest BCUT2D eigenvalue weighted by Gasteiger charge is -2.11. The van der Waals surface area contributed by atoms with Crippen molar-refractivity contribution in [3.8, 4) is 6.07 Å². The van der Waals surface area contributed by atoms with E-state index in [2.05, 4.69) is 11.4 Å². The van der Waals surface area contributed by atoms with Gasteiger partial charge in [0.25, 0.3) is 0 Å². The Balaban J connectivity index is 2.08. The van der Waals surface area contributed by atoms with Gasteiger partial charge in [0.1, 0.15) is 0 Å². The van der Waals surface area contributed by atoms with E-state index in [1.54, 1.807) is 7.11 Å². The highest BCUT2D eigenvalue weighted by atomic mass is 16.5. The van der Waals surface area contributed by atoms with E-state index in [0.29, 0.717) is 18.7 Å². The van der Waals surface area contributed by atoms with Gasteiger partial charge in [0.15, 0.2) is 0 Å². The molecule has 0 radical (unpaired) electrons. The number of benzene rings is 2. The van der Waals surface area contributed by atoms with Gasteiger partial charge in [0, 0.05) is 24.9 Å². The number of nitrogens with one attached hydrogen (secondary N) is 1. The summed E-state index contributed by atoms with van der Waals surface area (Å²) in [5, 5.41) is 12.3. The summed E-state index contributed by atoms with van der Waals surface area (Å²) in [6, 6.07) is 17.8. The fourth-order valence-electron chi connectivity index (χ4n) is 1.92. The highest BCUT2D eigenvalue weighted by Crippen LogP contribution is 2.17. The van der Waals surface area contributed by atoms with Gasteiger partial charge in [-0.3, -0.25) is 0 Å². The Morgan fingerprint density at radius 3 is 2.79 bits per heavy atom. The first kappa shape index (κ1) is 13.1. The van der Waals surface area contributed by atoms with Crippen molar-refractivity contribution in [2.75, 3.05) is 12.4 Å². The molecule has 0 saturated carbocycles. The second kappa shape index (κ2) is 6.58. The summed E-state index contributed by atoms with van der Waals surface area (Å²) in [6.07, 6.45) is 0. The van der Waals surface area contributed by atoms with Crippen molar-refractivity contribution in [3.05, 3.63) is 65.2 Å². The summed E-state index contributed by atoms with van der Waals surface area (Å²) < 4.78 is 5.17. The maximum absolute atomic E-state index is 8.87. The van der Waals surface area contributed by atoms with Crippen LogP contribution in [0.15, 0.2) is 48.5 Å². The number of hydrogen-bond donors (Lipinski definition) is 1. The van der Waals surface area contributed by atoms with Gasteiger partial charge in [-0.1, -0.05) is 30.3 Å². The molecule has 2 aromatic carbocycles. The van der Waals surface area contributed by atoms with Crippen LogP contribution < -0.4 is 5.32 Å². The summed E-state index contributed by atoms with van der Waals surface area (Å²) in [7, 11) is 1.69. The second-order valence-corrected chi connectivity index (χ2v) is 4.26. The predicted molar refractivity (Wildman–Crippen MR) is 75.6 cm³/mol. The van der Waals surface area contributed by atoms with E-state index in [4.69, 9.17) is 10.00 Å². The number of nitrogens with zero attached hydrogens (tertiary/aromatic N) is 1. The Morgan fingerprint density at radius 2 is 2.00 bits per heavy atom. The molecule has 96 valence electrons. The molecule has 0 fully saturated rings. The minimum absolute atomic E-state index is 0.585. The van der Waals surface area contributed by atoms with Gasteiger partial charge in [-0.15, -0.1) is 0 Å². The van der Waals surface area contributed by atoms with Gasteiger partial charge in [-0.05, 0) is 23.8 Å². The Morgan fingerprint density at radius 1 is 1.16 bits per heavy atom. The molecule has 0 unspecified atom stereocenters. The lowest BCUT2D eigenvalue weighted by molar-refractivity contribution is 0.185. The fourth-order valence-corrected chi connectivity index (χ4v) is 1.92. The molecule has 0 bridgehead atoms. The van der Waals surface area contributed by atoms with Crippen LogP contribution in [0.3, 0.4) is 0 Å². The molecule has 0 atom stereocenters. The lowest BCUT2D eigenvalue weighted by Crippen LogP contribution is -2.03. The molecule has 3 heteroatoms. The number of ether oxygens (including phenoxy) is 1. The molecule has 0 saturated heterocycles. The molecule has 2 aromatic rings. The summed E-state index contributed by atoms with van der Waals surface area (Å²) in [5.74, 6) is 0.